The molecule has 1 aliphatic heterocycles. The number of carbonyl (C=O) groups excluding carboxylic acids is 1. The van der Waals surface area contributed by atoms with E-state index in [0.29, 0.717) is 26.2 Å². The van der Waals surface area contributed by atoms with Crippen LogP contribution in [-0.2, 0) is 15.9 Å². The number of nitrogens with zero attached hydrogens (tertiary/aromatic N) is 3. The van der Waals surface area contributed by atoms with Gasteiger partial charge in [0.15, 0.2) is 0 Å². The quantitative estimate of drug-likeness (QED) is 0.845. The number of rotatable bonds is 3. The minimum atomic E-state index is -0.508. The van der Waals surface area contributed by atoms with Crippen molar-refractivity contribution in [1.82, 2.24) is 15.1 Å². The van der Waals surface area contributed by atoms with E-state index in [9.17, 15) is 4.79 Å². The Morgan fingerprint density at radius 2 is 2.15 bits per heavy atom. The summed E-state index contributed by atoms with van der Waals surface area (Å²) in [6.45, 7) is 7.23. The van der Waals surface area contributed by atoms with Gasteiger partial charge in [-0.15, -0.1) is 0 Å². The van der Waals surface area contributed by atoms with E-state index in [1.165, 1.54) is 0 Å². The van der Waals surface area contributed by atoms with Crippen molar-refractivity contribution in [3.05, 3.63) is 48.2 Å². The third-order valence-corrected chi connectivity index (χ3v) is 4.12. The summed E-state index contributed by atoms with van der Waals surface area (Å²) >= 11 is 0. The highest BCUT2D eigenvalue weighted by Crippen LogP contribution is 2.21. The fourth-order valence-electron chi connectivity index (χ4n) is 2.97. The van der Waals surface area contributed by atoms with Gasteiger partial charge in [-0.2, -0.15) is 10.2 Å². The number of morpholine rings is 1. The smallest absolute Gasteiger partial charge is 0.410 e. The topological polar surface area (TPSA) is 64.5 Å². The Bertz CT molecular complexity index is 743. The van der Waals surface area contributed by atoms with Gasteiger partial charge in [-0.25, -0.2) is 4.79 Å². The zero-order valence-corrected chi connectivity index (χ0v) is 15.5. The molecule has 1 amide bonds. The maximum atomic E-state index is 12.5. The third kappa shape index (κ3) is 4.79. The van der Waals surface area contributed by atoms with Crippen LogP contribution in [0.25, 0.3) is 11.3 Å². The van der Waals surface area contributed by atoms with Gasteiger partial charge in [-0.05, 0) is 51.0 Å². The first-order valence-electron chi connectivity index (χ1n) is 8.87. The molecule has 0 N–H and O–H groups in total. The Morgan fingerprint density at radius 1 is 1.31 bits per heavy atom. The van der Waals surface area contributed by atoms with Crippen LogP contribution in [0.1, 0.15) is 26.3 Å². The van der Waals surface area contributed by atoms with Crippen molar-refractivity contribution in [1.29, 1.82) is 0 Å². The second-order valence-corrected chi connectivity index (χ2v) is 7.42. The van der Waals surface area contributed by atoms with Crippen molar-refractivity contribution in [2.75, 3.05) is 19.8 Å². The van der Waals surface area contributed by atoms with Gasteiger partial charge in [0, 0.05) is 18.3 Å². The van der Waals surface area contributed by atoms with Gasteiger partial charge in [0.1, 0.15) is 5.60 Å². The standard InChI is InChI=1S/C20H25N3O3/c1-20(2,3)26-19(24)23-10-11-25-14-17(23)13-15-6-4-7-16(12-15)18-8-5-9-21-22-18/h4-9,12,17H,10-11,13-14H2,1-3H3. The molecule has 2 aromatic rings. The summed E-state index contributed by atoms with van der Waals surface area (Å²) in [6.07, 6.45) is 2.08. The molecule has 26 heavy (non-hydrogen) atoms. The van der Waals surface area contributed by atoms with Crippen molar-refractivity contribution in [3.8, 4) is 11.3 Å². The van der Waals surface area contributed by atoms with E-state index in [4.69, 9.17) is 9.47 Å². The van der Waals surface area contributed by atoms with Crippen LogP contribution in [0.3, 0.4) is 0 Å². The fourth-order valence-corrected chi connectivity index (χ4v) is 2.97. The van der Waals surface area contributed by atoms with Crippen LogP contribution in [-0.4, -0.2) is 52.6 Å². The van der Waals surface area contributed by atoms with Crippen LogP contribution in [0.15, 0.2) is 42.6 Å². The van der Waals surface area contributed by atoms with Gasteiger partial charge in [0.25, 0.3) is 0 Å². The van der Waals surface area contributed by atoms with Crippen molar-refractivity contribution in [2.45, 2.75) is 38.8 Å². The predicted molar refractivity (Wildman–Crippen MR) is 98.7 cm³/mol. The minimum absolute atomic E-state index is 0.0456. The molecule has 3 rings (SSSR count). The molecule has 138 valence electrons. The lowest BCUT2D eigenvalue weighted by Crippen LogP contribution is -2.51. The molecule has 0 bridgehead atoms. The van der Waals surface area contributed by atoms with Gasteiger partial charge < -0.3 is 14.4 Å². The lowest BCUT2D eigenvalue weighted by atomic mass is 10.0. The van der Waals surface area contributed by atoms with Crippen LogP contribution in [0.5, 0.6) is 0 Å². The summed E-state index contributed by atoms with van der Waals surface area (Å²) in [6, 6.07) is 11.9. The number of hydrogen-bond donors (Lipinski definition) is 0. The summed E-state index contributed by atoms with van der Waals surface area (Å²) in [5, 5.41) is 8.10. The molecule has 0 radical (unpaired) electrons. The zero-order chi connectivity index (χ0) is 18.6. The fraction of sp³-hybridized carbons (Fsp3) is 0.450. The van der Waals surface area contributed by atoms with Gasteiger partial charge >= 0.3 is 6.09 Å². The molecule has 0 spiro atoms. The Kier molecular flexibility index (Phi) is 5.52. The molecule has 0 saturated carbocycles. The number of aromatic nitrogens is 2. The maximum absolute atomic E-state index is 12.5. The Labute approximate surface area is 154 Å². The molecule has 1 unspecified atom stereocenters. The first-order chi connectivity index (χ1) is 12.4. The van der Waals surface area contributed by atoms with Crippen LogP contribution in [0.2, 0.25) is 0 Å². The largest absolute Gasteiger partial charge is 0.444 e. The molecule has 1 atom stereocenters. The second-order valence-electron chi connectivity index (χ2n) is 7.42. The van der Waals surface area contributed by atoms with Gasteiger partial charge in [-0.1, -0.05) is 18.2 Å². The summed E-state index contributed by atoms with van der Waals surface area (Å²) in [4.78, 5) is 14.3. The molecule has 0 aliphatic carbocycles. The third-order valence-electron chi connectivity index (χ3n) is 4.12. The SMILES string of the molecule is CC(C)(C)OC(=O)N1CCOCC1Cc1cccc(-c2cccnn2)c1. The minimum Gasteiger partial charge on any atom is -0.444 e. The second kappa shape index (κ2) is 7.83. The highest BCUT2D eigenvalue weighted by molar-refractivity contribution is 5.69. The highest BCUT2D eigenvalue weighted by Gasteiger charge is 2.31. The summed E-state index contributed by atoms with van der Waals surface area (Å²) in [5.41, 5.74) is 2.46. The van der Waals surface area contributed by atoms with Gasteiger partial charge in [0.05, 0.1) is 24.9 Å². The molecule has 1 saturated heterocycles. The monoisotopic (exact) mass is 355 g/mol. The van der Waals surface area contributed by atoms with E-state index < -0.39 is 5.60 Å². The first-order valence-corrected chi connectivity index (χ1v) is 8.87. The molecular formula is C20H25N3O3. The van der Waals surface area contributed by atoms with E-state index in [2.05, 4.69) is 22.3 Å². The lowest BCUT2D eigenvalue weighted by molar-refractivity contribution is -0.0319. The van der Waals surface area contributed by atoms with Crippen LogP contribution < -0.4 is 0 Å². The molecule has 1 aliphatic rings. The number of amides is 1. The van der Waals surface area contributed by atoms with Crippen molar-refractivity contribution in [2.24, 2.45) is 0 Å². The molecule has 1 fully saturated rings. The van der Waals surface area contributed by atoms with E-state index >= 15 is 0 Å². The molecule has 1 aromatic carbocycles. The average molecular weight is 355 g/mol. The Balaban J connectivity index is 1.75. The molecular weight excluding hydrogens is 330 g/mol. The first kappa shape index (κ1) is 18.3. The predicted octanol–water partition coefficient (Wildman–Crippen LogP) is 3.32. The van der Waals surface area contributed by atoms with Crippen molar-refractivity contribution >= 4 is 6.09 Å². The van der Waals surface area contributed by atoms with E-state index in [0.717, 1.165) is 16.8 Å². The molecule has 6 heteroatoms. The van der Waals surface area contributed by atoms with Crippen LogP contribution in [0, 0.1) is 0 Å². The lowest BCUT2D eigenvalue weighted by Gasteiger charge is -2.36. The molecule has 6 nitrogen and oxygen atoms in total. The Morgan fingerprint density at radius 3 is 2.88 bits per heavy atom. The van der Waals surface area contributed by atoms with E-state index in [1.807, 2.05) is 45.0 Å². The van der Waals surface area contributed by atoms with Gasteiger partial charge in [0.2, 0.25) is 0 Å². The van der Waals surface area contributed by atoms with E-state index in [-0.39, 0.29) is 12.1 Å². The van der Waals surface area contributed by atoms with Crippen LogP contribution >= 0.6 is 0 Å². The van der Waals surface area contributed by atoms with Crippen LogP contribution in [0.4, 0.5) is 4.79 Å². The number of ether oxygens (including phenoxy) is 2. The summed E-state index contributed by atoms with van der Waals surface area (Å²) in [7, 11) is 0. The van der Waals surface area contributed by atoms with Crippen molar-refractivity contribution < 1.29 is 14.3 Å². The zero-order valence-electron chi connectivity index (χ0n) is 15.5. The Hall–Kier alpha value is -2.47. The summed E-state index contributed by atoms with van der Waals surface area (Å²) < 4.78 is 11.2. The number of carbonyl (C=O) groups is 1. The maximum Gasteiger partial charge on any atom is 0.410 e. The highest BCUT2D eigenvalue weighted by atomic mass is 16.6. The summed E-state index contributed by atoms with van der Waals surface area (Å²) in [5.74, 6) is 0. The number of hydrogen-bond acceptors (Lipinski definition) is 5. The average Bonchev–Trinajstić information content (AvgIpc) is 2.62. The van der Waals surface area contributed by atoms with Crippen molar-refractivity contribution in [3.63, 3.8) is 0 Å². The molecule has 2 heterocycles. The van der Waals surface area contributed by atoms with E-state index in [1.54, 1.807) is 11.1 Å². The number of benzene rings is 1. The van der Waals surface area contributed by atoms with Gasteiger partial charge in [-0.3, -0.25) is 0 Å². The molecule has 1 aromatic heterocycles. The normalized spacial score (nSPS) is 17.8.